The van der Waals surface area contributed by atoms with Gasteiger partial charge in [0.15, 0.2) is 0 Å². The number of carbonyl (C=O) groups is 2. The molecule has 0 bridgehead atoms. The minimum absolute atomic E-state index is 0.215. The van der Waals surface area contributed by atoms with Crippen molar-refractivity contribution in [2.24, 2.45) is 0 Å². The number of esters is 1. The van der Waals surface area contributed by atoms with E-state index in [9.17, 15) is 9.59 Å². The Morgan fingerprint density at radius 3 is 2.45 bits per heavy atom. The van der Waals surface area contributed by atoms with Gasteiger partial charge in [-0.25, -0.2) is 14.8 Å². The van der Waals surface area contributed by atoms with Gasteiger partial charge in [-0.1, -0.05) is 24.3 Å². The van der Waals surface area contributed by atoms with E-state index in [0.717, 1.165) is 16.8 Å². The second-order valence-corrected chi connectivity index (χ2v) is 6.65. The Morgan fingerprint density at radius 1 is 0.931 bits per heavy atom. The van der Waals surface area contributed by atoms with Crippen molar-refractivity contribution in [1.29, 1.82) is 0 Å². The van der Waals surface area contributed by atoms with Crippen LogP contribution in [0.25, 0.3) is 0 Å². The minimum atomic E-state index is -0.478. The summed E-state index contributed by atoms with van der Waals surface area (Å²) in [5, 5.41) is 5.90. The first-order chi connectivity index (χ1) is 13.9. The maximum Gasteiger partial charge on any atom is 0.339 e. The van der Waals surface area contributed by atoms with E-state index in [2.05, 4.69) is 20.6 Å². The quantitative estimate of drug-likeness (QED) is 0.635. The average Bonchev–Trinajstić information content (AvgIpc) is 2.70. The Morgan fingerprint density at radius 2 is 1.69 bits per heavy atom. The molecule has 0 aliphatic carbocycles. The molecule has 2 N–H and O–H groups in total. The van der Waals surface area contributed by atoms with Gasteiger partial charge in [-0.2, -0.15) is 0 Å². The van der Waals surface area contributed by atoms with Crippen LogP contribution in [0.15, 0.2) is 48.5 Å². The number of ether oxygens (including phenoxy) is 1. The fourth-order valence-electron chi connectivity index (χ4n) is 2.80. The summed E-state index contributed by atoms with van der Waals surface area (Å²) in [7, 11) is 1.32. The first kappa shape index (κ1) is 20.0. The number of para-hydroxylation sites is 1. The first-order valence-corrected chi connectivity index (χ1v) is 9.06. The second-order valence-electron chi connectivity index (χ2n) is 6.65. The fraction of sp³-hybridized carbons (Fsp3) is 0.182. The van der Waals surface area contributed by atoms with Crippen LogP contribution in [0.3, 0.4) is 0 Å². The minimum Gasteiger partial charge on any atom is -0.465 e. The lowest BCUT2D eigenvalue weighted by atomic mass is 10.1. The number of carbonyl (C=O) groups excluding carboxylic acids is 2. The number of aromatic nitrogens is 2. The molecular weight excluding hydrogens is 368 g/mol. The van der Waals surface area contributed by atoms with Gasteiger partial charge < -0.3 is 15.4 Å². The fourth-order valence-corrected chi connectivity index (χ4v) is 2.80. The third-order valence-electron chi connectivity index (χ3n) is 4.31. The molecular formula is C22H22N4O3. The van der Waals surface area contributed by atoms with E-state index >= 15 is 0 Å². The van der Waals surface area contributed by atoms with E-state index in [4.69, 9.17) is 4.74 Å². The van der Waals surface area contributed by atoms with Crippen molar-refractivity contribution in [3.05, 3.63) is 76.6 Å². The molecule has 0 spiro atoms. The highest BCUT2D eigenvalue weighted by Gasteiger charge is 2.15. The predicted octanol–water partition coefficient (Wildman–Crippen LogP) is 4.18. The zero-order valence-corrected chi connectivity index (χ0v) is 16.7. The Balaban J connectivity index is 1.88. The van der Waals surface area contributed by atoms with Crippen molar-refractivity contribution in [3.63, 3.8) is 0 Å². The van der Waals surface area contributed by atoms with Crippen molar-refractivity contribution in [2.75, 3.05) is 17.7 Å². The van der Waals surface area contributed by atoms with E-state index < -0.39 is 5.97 Å². The maximum absolute atomic E-state index is 12.8. The summed E-state index contributed by atoms with van der Waals surface area (Å²) in [5.74, 6) is -0.602. The molecule has 0 saturated carbocycles. The topological polar surface area (TPSA) is 93.2 Å². The van der Waals surface area contributed by atoms with Crippen molar-refractivity contribution in [3.8, 4) is 0 Å². The lowest BCUT2D eigenvalue weighted by molar-refractivity contribution is 0.0601. The molecule has 0 fully saturated rings. The largest absolute Gasteiger partial charge is 0.465 e. The lowest BCUT2D eigenvalue weighted by Crippen LogP contribution is -2.16. The lowest BCUT2D eigenvalue weighted by Gasteiger charge is -2.12. The third kappa shape index (κ3) is 4.76. The number of hydrogen-bond acceptors (Lipinski definition) is 6. The van der Waals surface area contributed by atoms with Gasteiger partial charge in [0.25, 0.3) is 5.91 Å². The van der Waals surface area contributed by atoms with Gasteiger partial charge in [-0.15, -0.1) is 0 Å². The molecule has 3 rings (SSSR count). The van der Waals surface area contributed by atoms with Crippen LogP contribution in [-0.4, -0.2) is 29.0 Å². The number of anilines is 3. The monoisotopic (exact) mass is 390 g/mol. The molecule has 148 valence electrons. The molecule has 0 unspecified atom stereocenters. The van der Waals surface area contributed by atoms with E-state index in [0.29, 0.717) is 16.9 Å². The SMILES string of the molecule is COC(=O)c1ccccc1Nc1nc(C)cc(C(=O)Nc2cc(C)ccc2C)n1. The molecule has 7 nitrogen and oxygen atoms in total. The maximum atomic E-state index is 12.8. The van der Waals surface area contributed by atoms with Gasteiger partial charge in [0.1, 0.15) is 5.69 Å². The Bertz CT molecular complexity index is 1080. The molecule has 3 aromatic rings. The van der Waals surface area contributed by atoms with Gasteiger partial charge in [0, 0.05) is 11.4 Å². The Hall–Kier alpha value is -3.74. The highest BCUT2D eigenvalue weighted by molar-refractivity contribution is 6.03. The van der Waals surface area contributed by atoms with Gasteiger partial charge in [0.2, 0.25) is 5.95 Å². The van der Waals surface area contributed by atoms with Gasteiger partial charge in [0.05, 0.1) is 18.4 Å². The molecule has 1 heterocycles. The molecule has 0 aliphatic heterocycles. The highest BCUT2D eigenvalue weighted by atomic mass is 16.5. The highest BCUT2D eigenvalue weighted by Crippen LogP contribution is 2.21. The standard InChI is InChI=1S/C22H22N4O3/c1-13-9-10-14(2)18(11-13)24-20(27)19-12-15(3)23-22(26-19)25-17-8-6-5-7-16(17)21(28)29-4/h5-12H,1-4H3,(H,24,27)(H,23,25,26). The van der Waals surface area contributed by atoms with Crippen LogP contribution in [0.1, 0.15) is 37.7 Å². The summed E-state index contributed by atoms with van der Waals surface area (Å²) in [6.45, 7) is 5.66. The summed E-state index contributed by atoms with van der Waals surface area (Å²) in [4.78, 5) is 33.4. The summed E-state index contributed by atoms with van der Waals surface area (Å²) in [5.41, 5.74) is 4.41. The third-order valence-corrected chi connectivity index (χ3v) is 4.31. The molecule has 2 aromatic carbocycles. The normalized spacial score (nSPS) is 10.3. The van der Waals surface area contributed by atoms with Crippen molar-refractivity contribution < 1.29 is 14.3 Å². The van der Waals surface area contributed by atoms with Crippen LogP contribution in [0.4, 0.5) is 17.3 Å². The molecule has 0 aliphatic rings. The van der Waals surface area contributed by atoms with Crippen molar-refractivity contribution >= 4 is 29.2 Å². The number of nitrogens with zero attached hydrogens (tertiary/aromatic N) is 2. The van der Waals surface area contributed by atoms with E-state index in [1.807, 2.05) is 32.0 Å². The first-order valence-electron chi connectivity index (χ1n) is 9.06. The second kappa shape index (κ2) is 8.52. The van der Waals surface area contributed by atoms with Crippen LogP contribution in [0, 0.1) is 20.8 Å². The van der Waals surface area contributed by atoms with E-state index in [-0.39, 0.29) is 17.5 Å². The summed E-state index contributed by atoms with van der Waals surface area (Å²) >= 11 is 0. The van der Waals surface area contributed by atoms with Crippen molar-refractivity contribution in [1.82, 2.24) is 9.97 Å². The smallest absolute Gasteiger partial charge is 0.339 e. The molecule has 0 atom stereocenters. The zero-order chi connectivity index (χ0) is 21.0. The number of methoxy groups -OCH3 is 1. The predicted molar refractivity (Wildman–Crippen MR) is 112 cm³/mol. The Kier molecular flexibility index (Phi) is 5.87. The number of amides is 1. The average molecular weight is 390 g/mol. The van der Waals surface area contributed by atoms with Crippen LogP contribution in [-0.2, 0) is 4.74 Å². The van der Waals surface area contributed by atoms with Crippen LogP contribution < -0.4 is 10.6 Å². The summed E-state index contributed by atoms with van der Waals surface area (Å²) in [6.07, 6.45) is 0. The van der Waals surface area contributed by atoms with Crippen molar-refractivity contribution in [2.45, 2.75) is 20.8 Å². The van der Waals surface area contributed by atoms with E-state index in [1.54, 1.807) is 37.3 Å². The van der Waals surface area contributed by atoms with Gasteiger partial charge >= 0.3 is 5.97 Å². The van der Waals surface area contributed by atoms with Crippen LogP contribution in [0.2, 0.25) is 0 Å². The molecule has 1 amide bonds. The molecule has 1 aromatic heterocycles. The molecule has 0 saturated heterocycles. The van der Waals surface area contributed by atoms with Gasteiger partial charge in [-0.3, -0.25) is 4.79 Å². The molecule has 29 heavy (non-hydrogen) atoms. The van der Waals surface area contributed by atoms with Gasteiger partial charge in [-0.05, 0) is 56.2 Å². The molecule has 7 heteroatoms. The summed E-state index contributed by atoms with van der Waals surface area (Å²) < 4.78 is 4.80. The zero-order valence-electron chi connectivity index (χ0n) is 16.7. The number of benzene rings is 2. The van der Waals surface area contributed by atoms with Crippen LogP contribution in [0.5, 0.6) is 0 Å². The number of rotatable bonds is 5. The number of aryl methyl sites for hydroxylation is 3. The summed E-state index contributed by atoms with van der Waals surface area (Å²) in [6, 6.07) is 14.3. The Labute approximate surface area is 169 Å². The van der Waals surface area contributed by atoms with Crippen LogP contribution >= 0.6 is 0 Å². The molecule has 0 radical (unpaired) electrons. The van der Waals surface area contributed by atoms with E-state index in [1.165, 1.54) is 7.11 Å². The number of hydrogen-bond donors (Lipinski definition) is 2. The number of nitrogens with one attached hydrogen (secondary N) is 2.